The molecule has 2 aromatic heterocycles. The zero-order valence-electron chi connectivity index (χ0n) is 15.1. The Hall–Kier alpha value is -2.51. The number of hydrogen-bond donors (Lipinski definition) is 2. The van der Waals surface area contributed by atoms with Gasteiger partial charge in [0.25, 0.3) is 0 Å². The zero-order chi connectivity index (χ0) is 18.7. The van der Waals surface area contributed by atoms with Crippen molar-refractivity contribution < 1.29 is 9.53 Å². The molecule has 0 aliphatic heterocycles. The number of benzene rings is 1. The number of aromatic nitrogens is 2. The standard InChI is InChI=1S/C19H22N4O2S/c1-19(2,18(20)24)11-21-16-15-13(12-7-5-4-6-8-12)10-26-17(15)23-14(22-16)9-25-3/h4-8,10H,9,11H2,1-3H3,(H2,20,24)(H,21,22,23). The molecule has 136 valence electrons. The first-order valence-corrected chi connectivity index (χ1v) is 9.16. The molecule has 0 fully saturated rings. The van der Waals surface area contributed by atoms with Crippen molar-refractivity contribution in [1.29, 1.82) is 0 Å². The van der Waals surface area contributed by atoms with E-state index in [4.69, 9.17) is 10.5 Å². The van der Waals surface area contributed by atoms with Crippen LogP contribution in [-0.2, 0) is 16.1 Å². The summed E-state index contributed by atoms with van der Waals surface area (Å²) in [5, 5.41) is 6.33. The van der Waals surface area contributed by atoms with Gasteiger partial charge in [0.05, 0.1) is 10.8 Å². The number of carbonyl (C=O) groups is 1. The Morgan fingerprint density at radius 2 is 2.00 bits per heavy atom. The van der Waals surface area contributed by atoms with Crippen LogP contribution in [0.15, 0.2) is 35.7 Å². The third-order valence-electron chi connectivity index (χ3n) is 4.20. The monoisotopic (exact) mass is 370 g/mol. The summed E-state index contributed by atoms with van der Waals surface area (Å²) in [6, 6.07) is 10.1. The summed E-state index contributed by atoms with van der Waals surface area (Å²) >= 11 is 1.56. The predicted molar refractivity (Wildman–Crippen MR) is 105 cm³/mol. The molecule has 1 amide bonds. The number of hydrogen-bond acceptors (Lipinski definition) is 6. The molecule has 0 aliphatic rings. The van der Waals surface area contributed by atoms with Gasteiger partial charge in [-0.3, -0.25) is 4.79 Å². The van der Waals surface area contributed by atoms with E-state index >= 15 is 0 Å². The lowest BCUT2D eigenvalue weighted by atomic mass is 9.93. The highest BCUT2D eigenvalue weighted by atomic mass is 32.1. The SMILES string of the molecule is COCc1nc(NCC(C)(C)C(N)=O)c2c(-c3ccccc3)csc2n1. The van der Waals surface area contributed by atoms with Crippen LogP contribution < -0.4 is 11.1 Å². The summed E-state index contributed by atoms with van der Waals surface area (Å²) in [6.07, 6.45) is 0. The lowest BCUT2D eigenvalue weighted by Crippen LogP contribution is -2.37. The number of ether oxygens (including phenoxy) is 1. The second-order valence-corrected chi connectivity index (χ2v) is 7.58. The van der Waals surface area contributed by atoms with E-state index in [-0.39, 0.29) is 5.91 Å². The second-order valence-electron chi connectivity index (χ2n) is 6.72. The summed E-state index contributed by atoms with van der Waals surface area (Å²) in [6.45, 7) is 4.32. The Labute approximate surface area is 156 Å². The van der Waals surface area contributed by atoms with Crippen LogP contribution in [0.25, 0.3) is 21.3 Å². The fourth-order valence-electron chi connectivity index (χ4n) is 2.53. The summed E-state index contributed by atoms with van der Waals surface area (Å²) in [5.41, 5.74) is 6.96. The molecule has 7 heteroatoms. The highest BCUT2D eigenvalue weighted by molar-refractivity contribution is 7.17. The number of rotatable bonds is 7. The molecule has 0 unspecified atom stereocenters. The van der Waals surface area contributed by atoms with Gasteiger partial charge >= 0.3 is 0 Å². The average Bonchev–Trinajstić information content (AvgIpc) is 3.05. The van der Waals surface area contributed by atoms with E-state index in [2.05, 4.69) is 32.8 Å². The summed E-state index contributed by atoms with van der Waals surface area (Å²) in [4.78, 5) is 21.7. The Kier molecular flexibility index (Phi) is 5.20. The molecule has 2 heterocycles. The molecule has 6 nitrogen and oxygen atoms in total. The average molecular weight is 370 g/mol. The van der Waals surface area contributed by atoms with Gasteiger partial charge < -0.3 is 15.8 Å². The van der Waals surface area contributed by atoms with E-state index in [9.17, 15) is 4.79 Å². The van der Waals surface area contributed by atoms with Gasteiger partial charge in [0.15, 0.2) is 5.82 Å². The van der Waals surface area contributed by atoms with Gasteiger partial charge in [-0.1, -0.05) is 30.3 Å². The third kappa shape index (κ3) is 3.68. The minimum Gasteiger partial charge on any atom is -0.377 e. The van der Waals surface area contributed by atoms with E-state index in [0.717, 1.165) is 21.3 Å². The highest BCUT2D eigenvalue weighted by Crippen LogP contribution is 2.37. The highest BCUT2D eigenvalue weighted by Gasteiger charge is 2.25. The Morgan fingerprint density at radius 1 is 1.27 bits per heavy atom. The molecule has 26 heavy (non-hydrogen) atoms. The van der Waals surface area contributed by atoms with Crippen LogP contribution in [0, 0.1) is 5.41 Å². The summed E-state index contributed by atoms with van der Waals surface area (Å²) < 4.78 is 5.18. The number of thiophene rings is 1. The van der Waals surface area contributed by atoms with Crippen molar-refractivity contribution in [2.45, 2.75) is 20.5 Å². The quantitative estimate of drug-likeness (QED) is 0.665. The van der Waals surface area contributed by atoms with Gasteiger partial charge in [-0.05, 0) is 19.4 Å². The molecule has 0 bridgehead atoms. The van der Waals surface area contributed by atoms with Crippen molar-refractivity contribution in [3.05, 3.63) is 41.5 Å². The van der Waals surface area contributed by atoms with Gasteiger partial charge in [0.1, 0.15) is 17.3 Å². The lowest BCUT2D eigenvalue weighted by Gasteiger charge is -2.21. The number of primary amides is 1. The molecule has 1 aromatic carbocycles. The van der Waals surface area contributed by atoms with Crippen LogP contribution in [0.4, 0.5) is 5.82 Å². The Morgan fingerprint density at radius 3 is 2.65 bits per heavy atom. The summed E-state index contributed by atoms with van der Waals surface area (Å²) in [7, 11) is 1.61. The zero-order valence-corrected chi connectivity index (χ0v) is 15.9. The maximum Gasteiger partial charge on any atom is 0.224 e. The summed E-state index contributed by atoms with van der Waals surface area (Å²) in [5.74, 6) is 0.929. The van der Waals surface area contributed by atoms with Crippen LogP contribution in [0.1, 0.15) is 19.7 Å². The molecule has 0 saturated heterocycles. The first-order chi connectivity index (χ1) is 12.4. The van der Waals surface area contributed by atoms with Crippen molar-refractivity contribution in [3.63, 3.8) is 0 Å². The fraction of sp³-hybridized carbons (Fsp3) is 0.316. The molecule has 3 rings (SSSR count). The molecule has 0 spiro atoms. The second kappa shape index (κ2) is 7.39. The number of amides is 1. The number of anilines is 1. The smallest absolute Gasteiger partial charge is 0.224 e. The van der Waals surface area contributed by atoms with Gasteiger partial charge in [0, 0.05) is 24.6 Å². The minimum absolute atomic E-state index is 0.322. The van der Waals surface area contributed by atoms with Crippen molar-refractivity contribution in [2.24, 2.45) is 11.1 Å². The lowest BCUT2D eigenvalue weighted by molar-refractivity contribution is -0.125. The Balaban J connectivity index is 2.08. The Bertz CT molecular complexity index is 922. The number of nitrogens with zero attached hydrogens (tertiary/aromatic N) is 2. The van der Waals surface area contributed by atoms with E-state index in [0.29, 0.717) is 24.8 Å². The maximum absolute atomic E-state index is 11.6. The van der Waals surface area contributed by atoms with E-state index in [1.807, 2.05) is 32.0 Å². The largest absolute Gasteiger partial charge is 0.377 e. The molecular weight excluding hydrogens is 348 g/mol. The first kappa shape index (κ1) is 18.3. The molecule has 3 aromatic rings. The molecule has 0 atom stereocenters. The van der Waals surface area contributed by atoms with Crippen molar-refractivity contribution in [2.75, 3.05) is 19.0 Å². The van der Waals surface area contributed by atoms with Crippen LogP contribution >= 0.6 is 11.3 Å². The van der Waals surface area contributed by atoms with E-state index in [1.165, 1.54) is 0 Å². The van der Waals surface area contributed by atoms with Crippen molar-refractivity contribution >= 4 is 33.3 Å². The topological polar surface area (TPSA) is 90.1 Å². The third-order valence-corrected chi connectivity index (χ3v) is 5.08. The minimum atomic E-state index is -0.693. The van der Waals surface area contributed by atoms with Crippen LogP contribution in [0.5, 0.6) is 0 Å². The fourth-order valence-corrected chi connectivity index (χ4v) is 3.50. The molecule has 0 radical (unpaired) electrons. The van der Waals surface area contributed by atoms with Gasteiger partial charge in [-0.25, -0.2) is 9.97 Å². The van der Waals surface area contributed by atoms with Gasteiger partial charge in [-0.15, -0.1) is 11.3 Å². The molecule has 3 N–H and O–H groups in total. The van der Waals surface area contributed by atoms with E-state index < -0.39 is 5.41 Å². The molecular formula is C19H22N4O2S. The predicted octanol–water partition coefficient (Wildman–Crippen LogP) is 3.43. The van der Waals surface area contributed by atoms with Crippen molar-refractivity contribution in [3.8, 4) is 11.1 Å². The number of nitrogens with two attached hydrogens (primary N) is 1. The van der Waals surface area contributed by atoms with Gasteiger partial charge in [0.2, 0.25) is 5.91 Å². The number of carbonyl (C=O) groups excluding carboxylic acids is 1. The number of methoxy groups -OCH3 is 1. The van der Waals surface area contributed by atoms with E-state index in [1.54, 1.807) is 18.4 Å². The maximum atomic E-state index is 11.6. The van der Waals surface area contributed by atoms with Crippen LogP contribution in [-0.4, -0.2) is 29.5 Å². The van der Waals surface area contributed by atoms with Crippen LogP contribution in [0.2, 0.25) is 0 Å². The van der Waals surface area contributed by atoms with Crippen LogP contribution in [0.3, 0.4) is 0 Å². The number of nitrogens with one attached hydrogen (secondary N) is 1. The van der Waals surface area contributed by atoms with Gasteiger partial charge in [-0.2, -0.15) is 0 Å². The molecule has 0 aliphatic carbocycles. The van der Waals surface area contributed by atoms with Crippen molar-refractivity contribution in [1.82, 2.24) is 9.97 Å². The first-order valence-electron chi connectivity index (χ1n) is 8.28. The number of fused-ring (bicyclic) bond motifs is 1. The normalized spacial score (nSPS) is 11.7. The molecule has 0 saturated carbocycles.